The van der Waals surface area contributed by atoms with Gasteiger partial charge in [-0.15, -0.1) is 0 Å². The number of carbonyl (C=O) groups excluding carboxylic acids is 1. The lowest BCUT2D eigenvalue weighted by molar-refractivity contribution is 0.0522. The molecule has 0 saturated carbocycles. The summed E-state index contributed by atoms with van der Waals surface area (Å²) in [5, 5.41) is 32.9. The molecule has 0 spiro atoms. The van der Waals surface area contributed by atoms with E-state index in [1.807, 2.05) is 6.07 Å². The Labute approximate surface area is 193 Å². The van der Waals surface area contributed by atoms with Crippen molar-refractivity contribution >= 4 is 17.0 Å². The number of rotatable bonds is 4. The Bertz CT molecular complexity index is 1210. The minimum Gasteiger partial charge on any atom is -0.442 e. The number of fused-ring (bicyclic) bond motifs is 1. The predicted molar refractivity (Wildman–Crippen MR) is 123 cm³/mol. The van der Waals surface area contributed by atoms with E-state index in [1.54, 1.807) is 66.0 Å². The van der Waals surface area contributed by atoms with E-state index in [9.17, 15) is 15.3 Å². The van der Waals surface area contributed by atoms with E-state index in [0.29, 0.717) is 34.0 Å². The van der Waals surface area contributed by atoms with Crippen LogP contribution in [0.15, 0.2) is 41.0 Å². The Balaban J connectivity index is 2.21. The second-order valence-electron chi connectivity index (χ2n) is 8.49. The molecule has 1 aromatic heterocycles. The molecule has 0 bridgehead atoms. The van der Waals surface area contributed by atoms with Gasteiger partial charge in [0.15, 0.2) is 0 Å². The molecule has 0 fully saturated rings. The third-order valence-corrected chi connectivity index (χ3v) is 5.26. The summed E-state index contributed by atoms with van der Waals surface area (Å²) in [6.07, 6.45) is -0.569. The number of aromatic nitrogens is 2. The SMILES string of the molecule is CNC1=C(C#N)C(c2ccc3c(c2)c(C)nn3C(=O)OC(C)(C)C)C(C#N)=C(NC)N1NC. The van der Waals surface area contributed by atoms with E-state index in [2.05, 4.69) is 33.3 Å². The molecule has 1 aromatic carbocycles. The van der Waals surface area contributed by atoms with Crippen LogP contribution in [0.5, 0.6) is 0 Å². The van der Waals surface area contributed by atoms with Gasteiger partial charge in [-0.25, -0.2) is 15.2 Å². The van der Waals surface area contributed by atoms with Crippen molar-refractivity contribution in [1.82, 2.24) is 30.8 Å². The Morgan fingerprint density at radius 1 is 1.09 bits per heavy atom. The summed E-state index contributed by atoms with van der Waals surface area (Å²) in [5.74, 6) is 0.465. The van der Waals surface area contributed by atoms with Gasteiger partial charge in [0.25, 0.3) is 0 Å². The summed E-state index contributed by atoms with van der Waals surface area (Å²) in [4.78, 5) is 12.7. The van der Waals surface area contributed by atoms with Crippen LogP contribution in [0.2, 0.25) is 0 Å². The van der Waals surface area contributed by atoms with Gasteiger partial charge in [0.2, 0.25) is 0 Å². The number of benzene rings is 1. The van der Waals surface area contributed by atoms with Crippen LogP contribution < -0.4 is 16.1 Å². The number of carbonyl (C=O) groups is 1. The summed E-state index contributed by atoms with van der Waals surface area (Å²) in [6, 6.07) is 9.97. The fraction of sp³-hybridized carbons (Fsp3) is 0.391. The average molecular weight is 449 g/mol. The van der Waals surface area contributed by atoms with Gasteiger partial charge < -0.3 is 15.4 Å². The first-order valence-electron chi connectivity index (χ1n) is 10.5. The second kappa shape index (κ2) is 8.85. The molecule has 0 unspecified atom stereocenters. The van der Waals surface area contributed by atoms with Crippen LogP contribution in [0, 0.1) is 29.6 Å². The van der Waals surface area contributed by atoms with Crippen LogP contribution in [0.1, 0.15) is 37.9 Å². The molecule has 0 amide bonds. The largest absolute Gasteiger partial charge is 0.442 e. The number of nitriles is 2. The molecular formula is C23H28N8O2. The van der Waals surface area contributed by atoms with Crippen molar-refractivity contribution in [2.24, 2.45) is 0 Å². The fourth-order valence-electron chi connectivity index (χ4n) is 3.97. The van der Waals surface area contributed by atoms with Crippen LogP contribution >= 0.6 is 0 Å². The molecule has 0 atom stereocenters. The van der Waals surface area contributed by atoms with E-state index in [4.69, 9.17) is 4.74 Å². The van der Waals surface area contributed by atoms with Gasteiger partial charge in [0.1, 0.15) is 17.2 Å². The van der Waals surface area contributed by atoms with Crippen molar-refractivity contribution in [3.05, 3.63) is 52.2 Å². The lowest BCUT2D eigenvalue weighted by Crippen LogP contribution is -2.46. The fourth-order valence-corrected chi connectivity index (χ4v) is 3.97. The van der Waals surface area contributed by atoms with Gasteiger partial charge in [0.05, 0.1) is 40.4 Å². The van der Waals surface area contributed by atoms with Gasteiger partial charge in [-0.05, 0) is 45.4 Å². The number of nitrogens with one attached hydrogen (secondary N) is 3. The van der Waals surface area contributed by atoms with Crippen molar-refractivity contribution in [3.63, 3.8) is 0 Å². The van der Waals surface area contributed by atoms with Crippen molar-refractivity contribution in [2.45, 2.75) is 39.2 Å². The lowest BCUT2D eigenvalue weighted by Gasteiger charge is -2.36. The average Bonchev–Trinajstić information content (AvgIpc) is 3.11. The highest BCUT2D eigenvalue weighted by atomic mass is 16.6. The maximum absolute atomic E-state index is 12.7. The highest BCUT2D eigenvalue weighted by Crippen LogP contribution is 2.40. The Kier molecular flexibility index (Phi) is 6.34. The molecule has 2 heterocycles. The molecule has 3 rings (SSSR count). The van der Waals surface area contributed by atoms with Crippen LogP contribution in [0.3, 0.4) is 0 Å². The molecule has 2 aromatic rings. The van der Waals surface area contributed by atoms with Gasteiger partial charge in [-0.3, -0.25) is 0 Å². The molecule has 10 nitrogen and oxygen atoms in total. The van der Waals surface area contributed by atoms with Crippen LogP contribution in [-0.4, -0.2) is 47.6 Å². The third kappa shape index (κ3) is 4.09. The van der Waals surface area contributed by atoms with Gasteiger partial charge >= 0.3 is 6.09 Å². The van der Waals surface area contributed by atoms with E-state index < -0.39 is 17.6 Å². The number of allylic oxidation sites excluding steroid dienone is 2. The monoisotopic (exact) mass is 448 g/mol. The maximum atomic E-state index is 12.7. The van der Waals surface area contributed by atoms with Crippen molar-refractivity contribution in [3.8, 4) is 12.1 Å². The Morgan fingerprint density at radius 2 is 1.67 bits per heavy atom. The first-order valence-corrected chi connectivity index (χ1v) is 10.5. The molecule has 33 heavy (non-hydrogen) atoms. The number of hydrazine groups is 1. The van der Waals surface area contributed by atoms with Crippen molar-refractivity contribution in [2.75, 3.05) is 21.1 Å². The van der Waals surface area contributed by atoms with Crippen LogP contribution in [-0.2, 0) is 4.74 Å². The van der Waals surface area contributed by atoms with Gasteiger partial charge in [-0.1, -0.05) is 6.07 Å². The number of ether oxygens (including phenoxy) is 1. The zero-order chi connectivity index (χ0) is 24.5. The zero-order valence-corrected chi connectivity index (χ0v) is 19.9. The minimum absolute atomic E-state index is 0.388. The summed E-state index contributed by atoms with van der Waals surface area (Å²) < 4.78 is 6.71. The number of nitrogens with zero attached hydrogens (tertiary/aromatic N) is 5. The Morgan fingerprint density at radius 3 is 2.12 bits per heavy atom. The molecule has 10 heteroatoms. The van der Waals surface area contributed by atoms with Crippen LogP contribution in [0.25, 0.3) is 10.9 Å². The number of hydrogen-bond donors (Lipinski definition) is 3. The zero-order valence-electron chi connectivity index (χ0n) is 19.9. The highest BCUT2D eigenvalue weighted by molar-refractivity contribution is 5.90. The molecule has 1 aliphatic rings. The molecular weight excluding hydrogens is 420 g/mol. The predicted octanol–water partition coefficient (Wildman–Crippen LogP) is 2.57. The first kappa shape index (κ1) is 23.6. The van der Waals surface area contributed by atoms with Gasteiger partial charge in [-0.2, -0.15) is 20.3 Å². The third-order valence-electron chi connectivity index (χ3n) is 5.26. The lowest BCUT2D eigenvalue weighted by atomic mass is 9.82. The maximum Gasteiger partial charge on any atom is 0.435 e. The van der Waals surface area contributed by atoms with E-state index in [0.717, 1.165) is 10.9 Å². The highest BCUT2D eigenvalue weighted by Gasteiger charge is 2.36. The quantitative estimate of drug-likeness (QED) is 0.646. The summed E-state index contributed by atoms with van der Waals surface area (Å²) in [5.41, 5.74) is 5.09. The van der Waals surface area contributed by atoms with Crippen molar-refractivity contribution < 1.29 is 9.53 Å². The molecule has 3 N–H and O–H groups in total. The normalized spacial score (nSPS) is 14.9. The number of hydrogen-bond acceptors (Lipinski definition) is 9. The van der Waals surface area contributed by atoms with Gasteiger partial charge in [0, 0.05) is 26.5 Å². The summed E-state index contributed by atoms with van der Waals surface area (Å²) in [7, 11) is 5.15. The molecule has 0 aliphatic carbocycles. The molecule has 0 saturated heterocycles. The van der Waals surface area contributed by atoms with Crippen molar-refractivity contribution in [1.29, 1.82) is 10.5 Å². The summed E-state index contributed by atoms with van der Waals surface area (Å²) in [6.45, 7) is 7.19. The van der Waals surface area contributed by atoms with E-state index >= 15 is 0 Å². The van der Waals surface area contributed by atoms with Crippen LogP contribution in [0.4, 0.5) is 4.79 Å². The smallest absolute Gasteiger partial charge is 0.435 e. The Hall–Kier alpha value is -4.02. The van der Waals surface area contributed by atoms with E-state index in [1.165, 1.54) is 4.68 Å². The van der Waals surface area contributed by atoms with E-state index in [-0.39, 0.29) is 0 Å². The minimum atomic E-state index is -0.656. The topological polar surface area (TPSA) is 131 Å². The standard InChI is InChI=1S/C23H28N8O2/c1-13-15-10-14(8-9-18(15)30(29-13)22(32)33-23(2,3)4)19-16(11-24)20(26-5)31(28-7)21(27-6)17(19)12-25/h8-10,19,26-28H,1-7H3. The second-order valence-corrected chi connectivity index (χ2v) is 8.49. The summed E-state index contributed by atoms with van der Waals surface area (Å²) >= 11 is 0. The molecule has 172 valence electrons. The number of aryl methyl sites for hydroxylation is 1. The molecule has 0 radical (unpaired) electrons. The first-order chi connectivity index (χ1) is 15.6. The molecule has 1 aliphatic heterocycles.